The molecule has 0 saturated carbocycles. The summed E-state index contributed by atoms with van der Waals surface area (Å²) in [4.78, 5) is 14.2. The fraction of sp³-hybridized carbons (Fsp3) is 0.500. The molecule has 2 heterocycles. The maximum Gasteiger partial charge on any atom is 0.191 e. The largest absolute Gasteiger partial charge is 0.357 e. The van der Waals surface area contributed by atoms with Crippen molar-refractivity contribution in [2.24, 2.45) is 4.99 Å². The van der Waals surface area contributed by atoms with Crippen molar-refractivity contribution in [2.45, 2.75) is 33.4 Å². The second kappa shape index (κ2) is 14.4. The van der Waals surface area contributed by atoms with Gasteiger partial charge in [0.2, 0.25) is 0 Å². The zero-order valence-corrected chi connectivity index (χ0v) is 21.2. The topological polar surface area (TPSA) is 55.8 Å². The Bertz CT molecular complexity index is 757. The Balaban J connectivity index is 0.00000341. The van der Waals surface area contributed by atoms with Gasteiger partial charge in [0.25, 0.3) is 0 Å². The van der Waals surface area contributed by atoms with E-state index in [0.29, 0.717) is 6.54 Å². The molecule has 7 heteroatoms. The van der Waals surface area contributed by atoms with Crippen LogP contribution in [-0.4, -0.2) is 66.6 Å². The van der Waals surface area contributed by atoms with Gasteiger partial charge in [-0.05, 0) is 36.7 Å². The van der Waals surface area contributed by atoms with Crippen LogP contribution in [0.5, 0.6) is 0 Å². The SMILES string of the molecule is CCNC(=NCc1ccc(CN2CCN(CC)CC2)cc1)NCCc1ccccn1.I. The molecule has 1 fully saturated rings. The molecule has 0 bridgehead atoms. The minimum absolute atomic E-state index is 0. The molecular formula is C24H37IN6. The third-order valence-corrected chi connectivity index (χ3v) is 5.50. The van der Waals surface area contributed by atoms with Gasteiger partial charge >= 0.3 is 0 Å². The lowest BCUT2D eigenvalue weighted by molar-refractivity contribution is 0.132. The van der Waals surface area contributed by atoms with Crippen LogP contribution in [0, 0.1) is 0 Å². The molecule has 1 aliphatic rings. The molecule has 6 nitrogen and oxygen atoms in total. The number of aromatic nitrogens is 1. The van der Waals surface area contributed by atoms with E-state index in [9.17, 15) is 0 Å². The molecule has 2 aromatic rings. The normalized spacial score (nSPS) is 15.4. The Kier molecular flexibility index (Phi) is 11.8. The van der Waals surface area contributed by atoms with Crippen LogP contribution in [0.25, 0.3) is 0 Å². The molecule has 0 unspecified atom stereocenters. The van der Waals surface area contributed by atoms with E-state index in [4.69, 9.17) is 4.99 Å². The van der Waals surface area contributed by atoms with E-state index in [2.05, 4.69) is 69.6 Å². The summed E-state index contributed by atoms with van der Waals surface area (Å²) < 4.78 is 0. The zero-order valence-electron chi connectivity index (χ0n) is 18.9. The first-order valence-electron chi connectivity index (χ1n) is 11.2. The van der Waals surface area contributed by atoms with Crippen LogP contribution in [0.15, 0.2) is 53.7 Å². The summed E-state index contributed by atoms with van der Waals surface area (Å²) >= 11 is 0. The molecule has 0 spiro atoms. The highest BCUT2D eigenvalue weighted by atomic mass is 127. The predicted octanol–water partition coefficient (Wildman–Crippen LogP) is 3.13. The molecule has 0 aliphatic carbocycles. The van der Waals surface area contributed by atoms with Crippen molar-refractivity contribution in [2.75, 3.05) is 45.8 Å². The quantitative estimate of drug-likeness (QED) is 0.293. The van der Waals surface area contributed by atoms with Crippen LogP contribution in [0.1, 0.15) is 30.7 Å². The molecule has 1 aliphatic heterocycles. The third kappa shape index (κ3) is 9.13. The van der Waals surface area contributed by atoms with Gasteiger partial charge < -0.3 is 15.5 Å². The smallest absolute Gasteiger partial charge is 0.191 e. The number of aliphatic imine (C=N–C) groups is 1. The second-order valence-electron chi connectivity index (χ2n) is 7.72. The predicted molar refractivity (Wildman–Crippen MR) is 140 cm³/mol. The number of likely N-dealkylation sites (N-methyl/N-ethyl adjacent to an activating group) is 1. The van der Waals surface area contributed by atoms with Crippen molar-refractivity contribution in [3.05, 3.63) is 65.5 Å². The molecule has 1 aromatic carbocycles. The van der Waals surface area contributed by atoms with E-state index in [-0.39, 0.29) is 24.0 Å². The average Bonchev–Trinajstić information content (AvgIpc) is 2.80. The van der Waals surface area contributed by atoms with Gasteiger partial charge in [0, 0.05) is 64.1 Å². The number of hydrogen-bond acceptors (Lipinski definition) is 4. The first-order valence-corrected chi connectivity index (χ1v) is 11.2. The highest BCUT2D eigenvalue weighted by Gasteiger charge is 2.15. The van der Waals surface area contributed by atoms with E-state index in [1.54, 1.807) is 0 Å². The monoisotopic (exact) mass is 536 g/mol. The summed E-state index contributed by atoms with van der Waals surface area (Å²) in [5.74, 6) is 0.853. The summed E-state index contributed by atoms with van der Waals surface area (Å²) in [6, 6.07) is 14.9. The van der Waals surface area contributed by atoms with Crippen molar-refractivity contribution in [1.82, 2.24) is 25.4 Å². The molecule has 1 aromatic heterocycles. The lowest BCUT2D eigenvalue weighted by Crippen LogP contribution is -2.45. The van der Waals surface area contributed by atoms with Crippen LogP contribution in [-0.2, 0) is 19.5 Å². The molecule has 1 saturated heterocycles. The molecule has 0 amide bonds. The number of nitrogens with zero attached hydrogens (tertiary/aromatic N) is 4. The highest BCUT2D eigenvalue weighted by molar-refractivity contribution is 14.0. The summed E-state index contributed by atoms with van der Waals surface area (Å²) in [6.45, 7) is 13.6. The van der Waals surface area contributed by atoms with E-state index >= 15 is 0 Å². The molecule has 3 rings (SSSR count). The Morgan fingerprint density at radius 3 is 2.29 bits per heavy atom. The van der Waals surface area contributed by atoms with Crippen molar-refractivity contribution in [3.63, 3.8) is 0 Å². The lowest BCUT2D eigenvalue weighted by atomic mass is 10.1. The number of rotatable bonds is 9. The molecule has 0 atom stereocenters. The van der Waals surface area contributed by atoms with Crippen molar-refractivity contribution >= 4 is 29.9 Å². The molecule has 170 valence electrons. The molecule has 0 radical (unpaired) electrons. The fourth-order valence-corrected chi connectivity index (χ4v) is 3.64. The van der Waals surface area contributed by atoms with Crippen molar-refractivity contribution < 1.29 is 0 Å². The zero-order chi connectivity index (χ0) is 21.0. The third-order valence-electron chi connectivity index (χ3n) is 5.50. The van der Waals surface area contributed by atoms with Crippen LogP contribution in [0.3, 0.4) is 0 Å². The number of nitrogens with one attached hydrogen (secondary N) is 2. The Hall–Kier alpha value is -1.71. The van der Waals surface area contributed by atoms with Gasteiger partial charge in [0.1, 0.15) is 0 Å². The maximum atomic E-state index is 4.74. The van der Waals surface area contributed by atoms with Gasteiger partial charge in [-0.3, -0.25) is 9.88 Å². The van der Waals surface area contributed by atoms with Gasteiger partial charge in [0.05, 0.1) is 6.54 Å². The molecule has 2 N–H and O–H groups in total. The minimum atomic E-state index is 0. The fourth-order valence-electron chi connectivity index (χ4n) is 3.64. The summed E-state index contributed by atoms with van der Waals surface area (Å²) in [5, 5.41) is 6.72. The Morgan fingerprint density at radius 2 is 1.65 bits per heavy atom. The summed E-state index contributed by atoms with van der Waals surface area (Å²) in [6.07, 6.45) is 2.72. The Morgan fingerprint density at radius 1 is 0.935 bits per heavy atom. The first-order chi connectivity index (χ1) is 14.8. The number of hydrogen-bond donors (Lipinski definition) is 2. The molecular weight excluding hydrogens is 499 g/mol. The summed E-state index contributed by atoms with van der Waals surface area (Å²) in [7, 11) is 0. The maximum absolute atomic E-state index is 4.74. The van der Waals surface area contributed by atoms with Crippen LogP contribution >= 0.6 is 24.0 Å². The highest BCUT2D eigenvalue weighted by Crippen LogP contribution is 2.11. The Labute approximate surface area is 204 Å². The van der Waals surface area contributed by atoms with Gasteiger partial charge in [-0.15, -0.1) is 24.0 Å². The van der Waals surface area contributed by atoms with Crippen LogP contribution in [0.2, 0.25) is 0 Å². The minimum Gasteiger partial charge on any atom is -0.357 e. The van der Waals surface area contributed by atoms with Gasteiger partial charge in [0.15, 0.2) is 5.96 Å². The van der Waals surface area contributed by atoms with E-state index in [1.165, 1.54) is 24.2 Å². The number of halogens is 1. The van der Waals surface area contributed by atoms with Crippen LogP contribution in [0.4, 0.5) is 0 Å². The van der Waals surface area contributed by atoms with Gasteiger partial charge in [-0.2, -0.15) is 0 Å². The van der Waals surface area contributed by atoms with E-state index in [0.717, 1.165) is 57.3 Å². The number of piperazine rings is 1. The number of pyridine rings is 1. The van der Waals surface area contributed by atoms with E-state index in [1.807, 2.05) is 18.3 Å². The first kappa shape index (κ1) is 25.5. The van der Waals surface area contributed by atoms with E-state index < -0.39 is 0 Å². The number of guanidine groups is 1. The van der Waals surface area contributed by atoms with Crippen molar-refractivity contribution in [1.29, 1.82) is 0 Å². The molecule has 31 heavy (non-hydrogen) atoms. The second-order valence-corrected chi connectivity index (χ2v) is 7.72. The van der Waals surface area contributed by atoms with Crippen molar-refractivity contribution in [3.8, 4) is 0 Å². The average molecular weight is 537 g/mol. The van der Waals surface area contributed by atoms with Gasteiger partial charge in [-0.25, -0.2) is 4.99 Å². The van der Waals surface area contributed by atoms with Crippen LogP contribution < -0.4 is 10.6 Å². The lowest BCUT2D eigenvalue weighted by Gasteiger charge is -2.34. The van der Waals surface area contributed by atoms with Gasteiger partial charge in [-0.1, -0.05) is 37.3 Å². The summed E-state index contributed by atoms with van der Waals surface area (Å²) in [5.41, 5.74) is 3.71. The standard InChI is InChI=1S/C24H36N6.HI/c1-3-25-24(27-14-12-23-7-5-6-13-26-23)28-19-21-8-10-22(11-9-21)20-30-17-15-29(4-2)16-18-30;/h5-11,13H,3-4,12,14-20H2,1-2H3,(H2,25,27,28);1H. The number of benzene rings is 1.